The number of nitrogens with two attached hydrogens (primary N) is 1. The summed E-state index contributed by atoms with van der Waals surface area (Å²) in [5, 5.41) is 3.48. The van der Waals surface area contributed by atoms with Gasteiger partial charge in [0, 0.05) is 31.1 Å². The fourth-order valence-electron chi connectivity index (χ4n) is 7.52. The van der Waals surface area contributed by atoms with E-state index in [0.29, 0.717) is 36.1 Å². The van der Waals surface area contributed by atoms with E-state index in [2.05, 4.69) is 63.5 Å². The van der Waals surface area contributed by atoms with Gasteiger partial charge in [-0.2, -0.15) is 0 Å². The molecule has 13 heteroatoms. The minimum Gasteiger partial charge on any atom is -0.367 e. The zero-order valence-corrected chi connectivity index (χ0v) is 28.7. The van der Waals surface area contributed by atoms with Crippen LogP contribution in [0.3, 0.4) is 0 Å². The first kappa shape index (κ1) is 33.4. The van der Waals surface area contributed by atoms with Crippen molar-refractivity contribution in [2.75, 3.05) is 32.5 Å². The molecule has 1 aliphatic carbocycles. The van der Waals surface area contributed by atoms with Gasteiger partial charge in [0.15, 0.2) is 29.3 Å². The molecule has 0 spiro atoms. The van der Waals surface area contributed by atoms with Crippen molar-refractivity contribution in [2.24, 2.45) is 5.73 Å². The summed E-state index contributed by atoms with van der Waals surface area (Å²) >= 11 is 0. The highest BCUT2D eigenvalue weighted by Crippen LogP contribution is 2.43. The van der Waals surface area contributed by atoms with Crippen molar-refractivity contribution >= 4 is 22.9 Å². The molecule has 6 atom stereocenters. The van der Waals surface area contributed by atoms with E-state index in [9.17, 15) is 4.79 Å². The van der Waals surface area contributed by atoms with E-state index in [1.807, 2.05) is 48.2 Å². The maximum atomic E-state index is 14.2. The van der Waals surface area contributed by atoms with E-state index in [0.717, 1.165) is 19.3 Å². The van der Waals surface area contributed by atoms with Gasteiger partial charge in [0.2, 0.25) is 5.65 Å². The Balaban J connectivity index is 1.12. The average molecular weight is 671 g/mol. The van der Waals surface area contributed by atoms with Crippen LogP contribution < -0.4 is 15.9 Å². The van der Waals surface area contributed by atoms with Crippen LogP contribution in [0.4, 0.5) is 5.82 Å². The summed E-state index contributed by atoms with van der Waals surface area (Å²) in [7, 11) is 4.16. The van der Waals surface area contributed by atoms with Gasteiger partial charge in [0.25, 0.3) is 5.91 Å². The normalized spacial score (nSPS) is 27.6. The minimum absolute atomic E-state index is 0.0694. The molecule has 7 rings (SSSR count). The Morgan fingerprint density at radius 3 is 2.31 bits per heavy atom. The van der Waals surface area contributed by atoms with Crippen molar-refractivity contribution in [3.05, 3.63) is 84.4 Å². The van der Waals surface area contributed by atoms with Crippen molar-refractivity contribution in [1.29, 1.82) is 0 Å². The van der Waals surface area contributed by atoms with E-state index in [1.54, 1.807) is 13.8 Å². The van der Waals surface area contributed by atoms with Crippen LogP contribution in [0.15, 0.2) is 73.3 Å². The maximum absolute atomic E-state index is 14.2. The number of hydrogen-bond acceptors (Lipinski definition) is 11. The third-order valence-corrected chi connectivity index (χ3v) is 9.97. The number of imidazole rings is 1. The summed E-state index contributed by atoms with van der Waals surface area (Å²) in [5.74, 6) is -2.45. The zero-order chi connectivity index (χ0) is 34.3. The van der Waals surface area contributed by atoms with E-state index >= 15 is 0 Å². The van der Waals surface area contributed by atoms with Crippen LogP contribution >= 0.6 is 0 Å². The molecule has 260 valence electrons. The van der Waals surface area contributed by atoms with Crippen LogP contribution in [0.5, 0.6) is 0 Å². The van der Waals surface area contributed by atoms with E-state index in [1.165, 1.54) is 28.5 Å². The highest BCUT2D eigenvalue weighted by Gasteiger charge is 2.66. The molecule has 3 aliphatic rings. The number of hydrogen-bond donors (Lipinski definition) is 2. The quantitative estimate of drug-likeness (QED) is 0.227. The second-order valence-corrected chi connectivity index (χ2v) is 13.8. The molecular weight excluding hydrogens is 624 g/mol. The molecule has 0 radical (unpaired) electrons. The van der Waals surface area contributed by atoms with Crippen LogP contribution in [0, 0.1) is 0 Å². The Labute approximate surface area is 286 Å². The smallest absolute Gasteiger partial charge is 0.321 e. The van der Waals surface area contributed by atoms with Gasteiger partial charge in [0.05, 0.1) is 0 Å². The Kier molecular flexibility index (Phi) is 9.05. The molecule has 2 saturated heterocycles. The van der Waals surface area contributed by atoms with Gasteiger partial charge in [0.1, 0.15) is 18.8 Å². The molecule has 0 bridgehead atoms. The number of anilines is 1. The Morgan fingerprint density at radius 1 is 1.00 bits per heavy atom. The monoisotopic (exact) mass is 670 g/mol. The first-order valence-electron chi connectivity index (χ1n) is 17.1. The number of fused-ring (bicyclic) bond motifs is 2. The Bertz CT molecular complexity index is 1710. The Morgan fingerprint density at radius 2 is 1.67 bits per heavy atom. The first-order valence-corrected chi connectivity index (χ1v) is 17.1. The number of benzene rings is 2. The van der Waals surface area contributed by atoms with Gasteiger partial charge in [-0.25, -0.2) is 15.0 Å². The molecule has 13 nitrogen and oxygen atoms in total. The second kappa shape index (κ2) is 13.3. The van der Waals surface area contributed by atoms with Gasteiger partial charge in [-0.05, 0) is 65.3 Å². The van der Waals surface area contributed by atoms with Crippen molar-refractivity contribution < 1.29 is 23.8 Å². The van der Waals surface area contributed by atoms with Gasteiger partial charge in [-0.15, -0.1) is 4.73 Å². The average Bonchev–Trinajstić information content (AvgIpc) is 3.87. The molecule has 2 aromatic heterocycles. The number of ether oxygens (including phenoxy) is 3. The summed E-state index contributed by atoms with van der Waals surface area (Å²) in [4.78, 5) is 38.2. The molecule has 49 heavy (non-hydrogen) atoms. The molecule has 2 aromatic carbocycles. The standard InChI is InChI=1S/C36H46N8O5/c1-6-43(26-18-17-25(19-26)42(4)5)34(45)30-29-31(48-35(2,3)46-29)36(37,47-30)49-44-22-41-28-32(39-21-40-33(28)44)38-20-27(23-13-9-7-10-14-23)24-15-11-8-12-16-24/h7-16,21-22,25-27,29-31H,6,17-20,37H2,1-5H3,(H,38,39,40)/t25?,26?,29-,30+,31-,36-/m1/s1. The number of rotatable bonds is 11. The minimum atomic E-state index is -1.88. The van der Waals surface area contributed by atoms with Crippen LogP contribution in [-0.2, 0) is 19.0 Å². The number of carbonyl (C=O) groups is 1. The fraction of sp³-hybridized carbons (Fsp3) is 0.500. The van der Waals surface area contributed by atoms with Crippen LogP contribution in [0.25, 0.3) is 11.2 Å². The third-order valence-electron chi connectivity index (χ3n) is 9.97. The predicted octanol–water partition coefficient (Wildman–Crippen LogP) is 3.36. The van der Waals surface area contributed by atoms with Gasteiger partial charge in [-0.3, -0.25) is 10.5 Å². The van der Waals surface area contributed by atoms with Gasteiger partial charge >= 0.3 is 5.91 Å². The van der Waals surface area contributed by atoms with Crippen LogP contribution in [0.1, 0.15) is 57.1 Å². The van der Waals surface area contributed by atoms with E-state index in [-0.39, 0.29) is 17.9 Å². The highest BCUT2D eigenvalue weighted by atomic mass is 16.9. The summed E-state index contributed by atoms with van der Waals surface area (Å²) in [6, 6.07) is 21.2. The van der Waals surface area contributed by atoms with Crippen LogP contribution in [0.2, 0.25) is 0 Å². The molecule has 1 amide bonds. The number of nitrogens with zero attached hydrogens (tertiary/aromatic N) is 6. The van der Waals surface area contributed by atoms with Crippen LogP contribution in [-0.4, -0.2) is 105 Å². The number of nitrogens with one attached hydrogen (secondary N) is 1. The van der Waals surface area contributed by atoms with E-state index < -0.39 is 30.0 Å². The fourth-order valence-corrected chi connectivity index (χ4v) is 7.52. The lowest BCUT2D eigenvalue weighted by Gasteiger charge is -2.33. The molecule has 3 fully saturated rings. The van der Waals surface area contributed by atoms with Gasteiger partial charge < -0.3 is 34.2 Å². The molecule has 2 aliphatic heterocycles. The molecule has 2 unspecified atom stereocenters. The first-order chi connectivity index (χ1) is 23.6. The lowest BCUT2D eigenvalue weighted by Crippen LogP contribution is -2.58. The zero-order valence-electron chi connectivity index (χ0n) is 28.7. The topological polar surface area (TPSA) is 142 Å². The number of aromatic nitrogens is 4. The SMILES string of the molecule is CCN(C(=O)[C@H]1O[C@@](N)(On2cnc3c(NCC(c4ccccc4)c4ccccc4)ncnc32)[C@@H]2OC(C)(C)O[C@H]12)C1CCC(N(C)C)C1. The van der Waals surface area contributed by atoms with Crippen molar-refractivity contribution in [3.63, 3.8) is 0 Å². The van der Waals surface area contributed by atoms with Crippen molar-refractivity contribution in [3.8, 4) is 0 Å². The number of likely N-dealkylation sites (N-methyl/N-ethyl adjacent to an activating group) is 1. The molecule has 3 N–H and O–H groups in total. The predicted molar refractivity (Wildman–Crippen MR) is 183 cm³/mol. The highest BCUT2D eigenvalue weighted by molar-refractivity contribution is 5.83. The summed E-state index contributed by atoms with van der Waals surface area (Å²) in [6.07, 6.45) is 3.06. The molecule has 4 heterocycles. The second-order valence-electron chi connectivity index (χ2n) is 13.8. The van der Waals surface area contributed by atoms with Crippen molar-refractivity contribution in [1.82, 2.24) is 29.5 Å². The summed E-state index contributed by atoms with van der Waals surface area (Å²) in [5.41, 5.74) is 10.1. The summed E-state index contributed by atoms with van der Waals surface area (Å²) < 4.78 is 20.1. The van der Waals surface area contributed by atoms with Gasteiger partial charge in [-0.1, -0.05) is 60.7 Å². The largest absolute Gasteiger partial charge is 0.367 e. The lowest BCUT2D eigenvalue weighted by atomic mass is 9.91. The maximum Gasteiger partial charge on any atom is 0.321 e. The lowest BCUT2D eigenvalue weighted by molar-refractivity contribution is -0.286. The number of amides is 1. The molecule has 4 aromatic rings. The molecule has 1 saturated carbocycles. The molecular formula is C36H46N8O5. The van der Waals surface area contributed by atoms with E-state index in [4.69, 9.17) is 24.8 Å². The third kappa shape index (κ3) is 6.49. The number of carbonyl (C=O) groups excluding carboxylic acids is 1. The van der Waals surface area contributed by atoms with Crippen molar-refractivity contribution in [2.45, 2.75) is 88.0 Å². The Hall–Kier alpha value is -4.14. The summed E-state index contributed by atoms with van der Waals surface area (Å²) in [6.45, 7) is 6.67.